The average Bonchev–Trinajstić information content (AvgIpc) is 3.00. The Kier molecular flexibility index (Phi) is 5.45. The number of aromatic nitrogens is 3. The van der Waals surface area contributed by atoms with Crippen molar-refractivity contribution in [1.82, 2.24) is 19.1 Å². The maximum absolute atomic E-state index is 13.3. The van der Waals surface area contributed by atoms with Crippen LogP contribution in [0, 0.1) is 6.92 Å². The Bertz CT molecular complexity index is 1010. The van der Waals surface area contributed by atoms with Crippen molar-refractivity contribution < 1.29 is 9.53 Å². The lowest BCUT2D eigenvalue weighted by Gasteiger charge is -2.27. The van der Waals surface area contributed by atoms with Crippen LogP contribution in [-0.2, 0) is 11.3 Å². The van der Waals surface area contributed by atoms with Gasteiger partial charge in [0.25, 0.3) is 5.56 Å². The fourth-order valence-electron chi connectivity index (χ4n) is 3.20. The van der Waals surface area contributed by atoms with Crippen molar-refractivity contribution in [2.75, 3.05) is 6.54 Å². The molecular weight excluding hydrogens is 356 g/mol. The predicted molar refractivity (Wildman–Crippen MR) is 109 cm³/mol. The van der Waals surface area contributed by atoms with Gasteiger partial charge >= 0.3 is 6.09 Å². The smallest absolute Gasteiger partial charge is 0.410 e. The minimum absolute atomic E-state index is 0.134. The highest BCUT2D eigenvalue weighted by atomic mass is 16.6. The molecular formula is C21H28N4O3. The van der Waals surface area contributed by atoms with Gasteiger partial charge in [-0.2, -0.15) is 5.10 Å². The number of carbonyl (C=O) groups is 1. The summed E-state index contributed by atoms with van der Waals surface area (Å²) in [6.07, 6.45) is 9.19. The minimum Gasteiger partial charge on any atom is -0.444 e. The van der Waals surface area contributed by atoms with Gasteiger partial charge in [0.1, 0.15) is 11.1 Å². The highest BCUT2D eigenvalue weighted by Crippen LogP contribution is 2.18. The molecule has 0 N–H and O–H groups in total. The molecule has 0 atom stereocenters. The maximum atomic E-state index is 13.3. The molecule has 1 aliphatic rings. The number of hydrogen-bond donors (Lipinski definition) is 0. The summed E-state index contributed by atoms with van der Waals surface area (Å²) in [5, 5.41) is 4.65. The van der Waals surface area contributed by atoms with Crippen molar-refractivity contribution in [3.63, 3.8) is 0 Å². The molecule has 7 nitrogen and oxygen atoms in total. The number of ether oxygens (including phenoxy) is 1. The van der Waals surface area contributed by atoms with Crippen molar-refractivity contribution >= 4 is 17.3 Å². The molecule has 7 heteroatoms. The second kappa shape index (κ2) is 7.66. The van der Waals surface area contributed by atoms with Crippen LogP contribution >= 0.6 is 0 Å². The molecule has 28 heavy (non-hydrogen) atoms. The van der Waals surface area contributed by atoms with E-state index in [1.54, 1.807) is 20.2 Å². The fraction of sp³-hybridized carbons (Fsp3) is 0.476. The molecule has 0 saturated carbocycles. The lowest BCUT2D eigenvalue weighted by molar-refractivity contribution is 0.0238. The van der Waals surface area contributed by atoms with Crippen LogP contribution in [0.3, 0.4) is 0 Å². The van der Waals surface area contributed by atoms with Crippen LogP contribution < -0.4 is 5.56 Å². The van der Waals surface area contributed by atoms with Gasteiger partial charge < -0.3 is 9.64 Å². The summed E-state index contributed by atoms with van der Waals surface area (Å²) in [6, 6.07) is 1.87. The topological polar surface area (TPSA) is 68.8 Å². The van der Waals surface area contributed by atoms with E-state index >= 15 is 0 Å². The van der Waals surface area contributed by atoms with Crippen LogP contribution in [0.4, 0.5) is 4.79 Å². The number of allylic oxidation sites excluding steroid dienone is 4. The summed E-state index contributed by atoms with van der Waals surface area (Å²) in [5.41, 5.74) is 1.49. The minimum atomic E-state index is -0.590. The number of fused-ring (bicyclic) bond motifs is 1. The standard InChI is InChI=1S/C21H28N4O3/c1-6-23(20(27)28-21(3,4)5)14-17-22-24-13-12-15(2)18(24)19(26)25(17)16-10-8-7-9-11-16/h8,10-13H,6-7,9,14H2,1-5H3. The van der Waals surface area contributed by atoms with Gasteiger partial charge in [0.05, 0.1) is 6.54 Å². The quantitative estimate of drug-likeness (QED) is 0.805. The molecule has 3 rings (SSSR count). The van der Waals surface area contributed by atoms with E-state index in [1.165, 1.54) is 0 Å². The molecule has 150 valence electrons. The first kappa shape index (κ1) is 19.9. The van der Waals surface area contributed by atoms with E-state index in [0.717, 1.165) is 24.1 Å². The van der Waals surface area contributed by atoms with Gasteiger partial charge in [-0.25, -0.2) is 9.31 Å². The normalized spacial score (nSPS) is 14.2. The molecule has 2 aromatic rings. The fourth-order valence-corrected chi connectivity index (χ4v) is 3.20. The van der Waals surface area contributed by atoms with Crippen LogP contribution in [0.2, 0.25) is 0 Å². The van der Waals surface area contributed by atoms with Gasteiger partial charge in [0.15, 0.2) is 5.82 Å². The van der Waals surface area contributed by atoms with Crippen LogP contribution in [0.25, 0.3) is 11.2 Å². The average molecular weight is 384 g/mol. The Labute approximate surface area is 164 Å². The highest BCUT2D eigenvalue weighted by Gasteiger charge is 2.24. The second-order valence-electron chi connectivity index (χ2n) is 7.95. The SMILES string of the molecule is CCN(Cc1nn2ccc(C)c2c(=O)n1C1=CCCC=C1)C(=O)OC(C)(C)C. The number of hydrogen-bond acceptors (Lipinski definition) is 4. The summed E-state index contributed by atoms with van der Waals surface area (Å²) in [5.74, 6) is 0.499. The van der Waals surface area contributed by atoms with E-state index in [-0.39, 0.29) is 12.1 Å². The lowest BCUT2D eigenvalue weighted by atomic mass is 10.1. The van der Waals surface area contributed by atoms with Gasteiger partial charge in [0.2, 0.25) is 0 Å². The molecule has 1 amide bonds. The Balaban J connectivity index is 2.08. The Morgan fingerprint density at radius 1 is 1.32 bits per heavy atom. The molecule has 0 unspecified atom stereocenters. The Morgan fingerprint density at radius 3 is 2.68 bits per heavy atom. The van der Waals surface area contributed by atoms with Crippen molar-refractivity contribution in [3.05, 3.63) is 52.2 Å². The van der Waals surface area contributed by atoms with Crippen LogP contribution in [-0.4, -0.2) is 37.3 Å². The van der Waals surface area contributed by atoms with E-state index in [9.17, 15) is 9.59 Å². The summed E-state index contributed by atoms with van der Waals surface area (Å²) >= 11 is 0. The number of aryl methyl sites for hydroxylation is 1. The third-order valence-electron chi connectivity index (χ3n) is 4.55. The Morgan fingerprint density at radius 2 is 2.07 bits per heavy atom. The summed E-state index contributed by atoms with van der Waals surface area (Å²) in [6.45, 7) is 9.90. The summed E-state index contributed by atoms with van der Waals surface area (Å²) in [7, 11) is 0. The zero-order valence-corrected chi connectivity index (χ0v) is 17.2. The second-order valence-corrected chi connectivity index (χ2v) is 7.95. The molecule has 1 aliphatic carbocycles. The van der Waals surface area contributed by atoms with E-state index in [0.29, 0.717) is 17.9 Å². The molecule has 0 saturated heterocycles. The predicted octanol–water partition coefficient (Wildman–Crippen LogP) is 3.75. The van der Waals surface area contributed by atoms with Crippen LogP contribution in [0.1, 0.15) is 51.9 Å². The third kappa shape index (κ3) is 4.03. The number of nitrogens with zero attached hydrogens (tertiary/aromatic N) is 4. The van der Waals surface area contributed by atoms with Gasteiger partial charge in [-0.1, -0.05) is 12.2 Å². The first-order valence-electron chi connectivity index (χ1n) is 9.66. The molecule has 0 radical (unpaired) electrons. The Hall–Kier alpha value is -2.83. The van der Waals surface area contributed by atoms with E-state index in [1.807, 2.05) is 58.9 Å². The largest absolute Gasteiger partial charge is 0.444 e. The van der Waals surface area contributed by atoms with Crippen molar-refractivity contribution in [3.8, 4) is 0 Å². The van der Waals surface area contributed by atoms with E-state index in [2.05, 4.69) is 5.10 Å². The molecule has 0 aromatic carbocycles. The summed E-state index contributed by atoms with van der Waals surface area (Å²) < 4.78 is 8.72. The molecule has 2 heterocycles. The number of rotatable bonds is 4. The first-order chi connectivity index (χ1) is 13.2. The van der Waals surface area contributed by atoms with Gasteiger partial charge in [-0.3, -0.25) is 9.36 Å². The first-order valence-corrected chi connectivity index (χ1v) is 9.66. The third-order valence-corrected chi connectivity index (χ3v) is 4.55. The van der Waals surface area contributed by atoms with Gasteiger partial charge in [-0.15, -0.1) is 0 Å². The zero-order chi connectivity index (χ0) is 20.5. The van der Waals surface area contributed by atoms with Crippen molar-refractivity contribution in [2.24, 2.45) is 0 Å². The monoisotopic (exact) mass is 384 g/mol. The van der Waals surface area contributed by atoms with Crippen LogP contribution in [0.5, 0.6) is 0 Å². The molecule has 0 fully saturated rings. The molecule has 0 aliphatic heterocycles. The molecule has 0 bridgehead atoms. The number of carbonyl (C=O) groups excluding carboxylic acids is 1. The van der Waals surface area contributed by atoms with E-state index < -0.39 is 11.7 Å². The highest BCUT2D eigenvalue weighted by molar-refractivity contribution is 5.68. The zero-order valence-electron chi connectivity index (χ0n) is 17.2. The maximum Gasteiger partial charge on any atom is 0.410 e. The van der Waals surface area contributed by atoms with E-state index in [4.69, 9.17) is 4.74 Å². The van der Waals surface area contributed by atoms with Gasteiger partial charge in [-0.05, 0) is 65.2 Å². The van der Waals surface area contributed by atoms with Crippen molar-refractivity contribution in [1.29, 1.82) is 0 Å². The summed E-state index contributed by atoms with van der Waals surface area (Å²) in [4.78, 5) is 27.4. The number of amides is 1. The van der Waals surface area contributed by atoms with Gasteiger partial charge in [0, 0.05) is 18.4 Å². The molecule has 0 spiro atoms. The van der Waals surface area contributed by atoms with Crippen molar-refractivity contribution in [2.45, 2.75) is 59.6 Å². The molecule has 2 aromatic heterocycles. The van der Waals surface area contributed by atoms with Crippen LogP contribution in [0.15, 0.2) is 35.3 Å². The lowest BCUT2D eigenvalue weighted by Crippen LogP contribution is -2.38.